The number of thioether (sulfide) groups is 1. The first-order valence-corrected chi connectivity index (χ1v) is 8.43. The van der Waals surface area contributed by atoms with Gasteiger partial charge in [0, 0.05) is 25.4 Å². The van der Waals surface area contributed by atoms with Crippen molar-refractivity contribution in [2.45, 2.75) is 43.8 Å². The average molecular weight is 395 g/mol. The molecule has 2 N–H and O–H groups in total. The van der Waals surface area contributed by atoms with E-state index in [0.717, 1.165) is 30.2 Å². The van der Waals surface area contributed by atoms with Crippen molar-refractivity contribution in [1.82, 2.24) is 10.6 Å². The smallest absolute Gasteiger partial charge is 0.191 e. The molecule has 1 unspecified atom stereocenters. The average Bonchev–Trinajstić information content (AvgIpc) is 3.29. The zero-order valence-corrected chi connectivity index (χ0v) is 14.9. The molecule has 2 saturated carbocycles. The normalized spacial score (nSPS) is 28.7. The quantitative estimate of drug-likeness (QED) is 0.427. The van der Waals surface area contributed by atoms with E-state index in [2.05, 4.69) is 27.4 Å². The van der Waals surface area contributed by atoms with Crippen LogP contribution >= 0.6 is 35.7 Å². The molecule has 3 aliphatic rings. The topological polar surface area (TPSA) is 36.4 Å². The van der Waals surface area contributed by atoms with Crippen LogP contribution in [-0.4, -0.2) is 37.1 Å². The third-order valence-corrected chi connectivity index (χ3v) is 6.09. The van der Waals surface area contributed by atoms with Gasteiger partial charge < -0.3 is 10.6 Å². The van der Waals surface area contributed by atoms with Crippen LogP contribution in [0.4, 0.5) is 0 Å². The van der Waals surface area contributed by atoms with Gasteiger partial charge in [-0.05, 0) is 55.6 Å². The fourth-order valence-corrected chi connectivity index (χ4v) is 4.28. The van der Waals surface area contributed by atoms with Crippen LogP contribution in [0.1, 0.15) is 38.5 Å². The molecular formula is C14H26IN3S. The molecule has 0 amide bonds. The Morgan fingerprint density at radius 1 is 1.26 bits per heavy atom. The highest BCUT2D eigenvalue weighted by atomic mass is 127. The minimum absolute atomic E-state index is 0. The van der Waals surface area contributed by atoms with Crippen molar-refractivity contribution in [3.05, 3.63) is 0 Å². The summed E-state index contributed by atoms with van der Waals surface area (Å²) in [5.74, 6) is 3.37. The molecular weight excluding hydrogens is 369 g/mol. The number of guanidine groups is 1. The molecule has 0 bridgehead atoms. The Kier molecular flexibility index (Phi) is 5.69. The van der Waals surface area contributed by atoms with Crippen molar-refractivity contribution in [3.63, 3.8) is 0 Å². The van der Waals surface area contributed by atoms with E-state index in [1.165, 1.54) is 44.3 Å². The number of aliphatic imine (C=N–C) groups is 1. The summed E-state index contributed by atoms with van der Waals surface area (Å²) in [6, 6.07) is 0. The number of rotatable bonds is 5. The molecule has 1 aliphatic heterocycles. The predicted molar refractivity (Wildman–Crippen MR) is 94.7 cm³/mol. The van der Waals surface area contributed by atoms with Gasteiger partial charge in [-0.3, -0.25) is 4.99 Å². The lowest BCUT2D eigenvalue weighted by atomic mass is 10.0. The Morgan fingerprint density at radius 2 is 2.05 bits per heavy atom. The second-order valence-corrected chi connectivity index (χ2v) is 7.49. The highest BCUT2D eigenvalue weighted by Crippen LogP contribution is 2.60. The van der Waals surface area contributed by atoms with Crippen molar-refractivity contribution in [1.29, 1.82) is 0 Å². The molecule has 110 valence electrons. The van der Waals surface area contributed by atoms with E-state index in [-0.39, 0.29) is 24.0 Å². The number of hydrogen-bond donors (Lipinski definition) is 2. The van der Waals surface area contributed by atoms with Crippen LogP contribution in [0.3, 0.4) is 0 Å². The van der Waals surface area contributed by atoms with Gasteiger partial charge in [0.1, 0.15) is 0 Å². The summed E-state index contributed by atoms with van der Waals surface area (Å²) in [6.45, 7) is 2.20. The van der Waals surface area contributed by atoms with Gasteiger partial charge in [0.25, 0.3) is 0 Å². The van der Waals surface area contributed by atoms with Crippen LogP contribution < -0.4 is 10.6 Å². The van der Waals surface area contributed by atoms with Crippen LogP contribution in [0.15, 0.2) is 4.99 Å². The first kappa shape index (κ1) is 15.7. The molecule has 3 fully saturated rings. The van der Waals surface area contributed by atoms with E-state index < -0.39 is 0 Å². The highest BCUT2D eigenvalue weighted by molar-refractivity contribution is 14.0. The van der Waals surface area contributed by atoms with Gasteiger partial charge in [0.05, 0.1) is 0 Å². The van der Waals surface area contributed by atoms with E-state index in [1.54, 1.807) is 0 Å². The Morgan fingerprint density at radius 3 is 2.58 bits per heavy atom. The molecule has 3 rings (SSSR count). The van der Waals surface area contributed by atoms with Gasteiger partial charge in [0.2, 0.25) is 0 Å². The summed E-state index contributed by atoms with van der Waals surface area (Å²) in [4.78, 5) is 4.34. The summed E-state index contributed by atoms with van der Waals surface area (Å²) in [5, 5.41) is 7.83. The van der Waals surface area contributed by atoms with E-state index in [9.17, 15) is 0 Å². The lowest BCUT2D eigenvalue weighted by Gasteiger charge is -2.19. The van der Waals surface area contributed by atoms with Gasteiger partial charge in [-0.15, -0.1) is 24.0 Å². The monoisotopic (exact) mass is 395 g/mol. The largest absolute Gasteiger partial charge is 0.356 e. The molecule has 3 nitrogen and oxygen atoms in total. The number of hydrogen-bond acceptors (Lipinski definition) is 2. The van der Waals surface area contributed by atoms with Crippen molar-refractivity contribution in [2.24, 2.45) is 16.3 Å². The molecule has 0 radical (unpaired) electrons. The number of halogens is 1. The van der Waals surface area contributed by atoms with Crippen molar-refractivity contribution < 1.29 is 0 Å². The first-order valence-electron chi connectivity index (χ1n) is 7.38. The summed E-state index contributed by atoms with van der Waals surface area (Å²) in [5.41, 5.74) is 0.653. The Hall–Kier alpha value is 0.350. The Balaban J connectivity index is 0.00000133. The molecule has 19 heavy (non-hydrogen) atoms. The maximum absolute atomic E-state index is 4.34. The molecule has 0 aromatic carbocycles. The predicted octanol–water partition coefficient (Wildman–Crippen LogP) is 2.86. The van der Waals surface area contributed by atoms with Crippen LogP contribution in [-0.2, 0) is 0 Å². The van der Waals surface area contributed by atoms with E-state index in [4.69, 9.17) is 0 Å². The van der Waals surface area contributed by atoms with Crippen LogP contribution in [0, 0.1) is 11.3 Å². The maximum Gasteiger partial charge on any atom is 0.191 e. The zero-order valence-electron chi connectivity index (χ0n) is 11.8. The second kappa shape index (κ2) is 6.87. The Labute approximate surface area is 138 Å². The van der Waals surface area contributed by atoms with Crippen LogP contribution in [0.2, 0.25) is 0 Å². The lowest BCUT2D eigenvalue weighted by Crippen LogP contribution is -2.42. The van der Waals surface area contributed by atoms with Crippen molar-refractivity contribution >= 4 is 41.7 Å². The van der Waals surface area contributed by atoms with E-state index in [1.807, 2.05) is 7.05 Å². The molecule has 2 aliphatic carbocycles. The summed E-state index contributed by atoms with van der Waals surface area (Å²) < 4.78 is 0. The summed E-state index contributed by atoms with van der Waals surface area (Å²) >= 11 is 2.10. The fraction of sp³-hybridized carbons (Fsp3) is 0.929. The van der Waals surface area contributed by atoms with Crippen molar-refractivity contribution in [2.75, 3.05) is 25.9 Å². The number of nitrogens with zero attached hydrogens (tertiary/aromatic N) is 1. The molecule has 0 aromatic rings. The summed E-state index contributed by atoms with van der Waals surface area (Å²) in [6.07, 6.45) is 8.54. The minimum atomic E-state index is 0. The minimum Gasteiger partial charge on any atom is -0.356 e. The zero-order chi connectivity index (χ0) is 12.4. The maximum atomic E-state index is 4.34. The third-order valence-electron chi connectivity index (χ3n) is 4.69. The lowest BCUT2D eigenvalue weighted by molar-refractivity contribution is 0.431. The van der Waals surface area contributed by atoms with Gasteiger partial charge in [-0.1, -0.05) is 0 Å². The van der Waals surface area contributed by atoms with Gasteiger partial charge >= 0.3 is 0 Å². The standard InChI is InChI=1S/C14H25N3S.HI/c1-15-13(16-9-12-3-2-8-18-12)17-10-14(6-7-14)11-4-5-11;/h11-12H,2-10H2,1H3,(H2,15,16,17);1H. The van der Waals surface area contributed by atoms with Crippen LogP contribution in [0.25, 0.3) is 0 Å². The van der Waals surface area contributed by atoms with E-state index >= 15 is 0 Å². The molecule has 0 spiro atoms. The number of nitrogens with one attached hydrogen (secondary N) is 2. The third kappa shape index (κ3) is 4.16. The first-order chi connectivity index (χ1) is 8.82. The Bertz CT molecular complexity index is 321. The van der Waals surface area contributed by atoms with Gasteiger partial charge in [0.15, 0.2) is 5.96 Å². The summed E-state index contributed by atoms with van der Waals surface area (Å²) in [7, 11) is 1.88. The van der Waals surface area contributed by atoms with Crippen LogP contribution in [0.5, 0.6) is 0 Å². The fourth-order valence-electron chi connectivity index (χ4n) is 3.08. The molecule has 1 saturated heterocycles. The van der Waals surface area contributed by atoms with Gasteiger partial charge in [-0.2, -0.15) is 11.8 Å². The molecule has 0 aromatic heterocycles. The second-order valence-electron chi connectivity index (χ2n) is 6.08. The van der Waals surface area contributed by atoms with Gasteiger partial charge in [-0.25, -0.2) is 0 Å². The molecule has 5 heteroatoms. The molecule has 1 atom stereocenters. The highest BCUT2D eigenvalue weighted by Gasteiger charge is 2.53. The van der Waals surface area contributed by atoms with E-state index in [0.29, 0.717) is 5.41 Å². The molecule has 1 heterocycles. The SMILES string of the molecule is CN=C(NCC1CCCS1)NCC1(C2CC2)CC1.I. The van der Waals surface area contributed by atoms with Crippen molar-refractivity contribution in [3.8, 4) is 0 Å².